The first-order valence-corrected chi connectivity index (χ1v) is 7.41. The van der Waals surface area contributed by atoms with E-state index >= 15 is 0 Å². The number of likely N-dealkylation sites (N-methyl/N-ethyl adjacent to an activating group) is 1. The van der Waals surface area contributed by atoms with Crippen molar-refractivity contribution in [2.45, 2.75) is 25.9 Å². The maximum Gasteiger partial charge on any atom is 0.267 e. The Morgan fingerprint density at radius 2 is 2.24 bits per heavy atom. The predicted molar refractivity (Wildman–Crippen MR) is 79.9 cm³/mol. The smallest absolute Gasteiger partial charge is 0.267 e. The third-order valence-corrected chi connectivity index (χ3v) is 4.25. The van der Waals surface area contributed by atoms with E-state index in [1.54, 1.807) is 37.1 Å². The van der Waals surface area contributed by atoms with Gasteiger partial charge < -0.3 is 15.0 Å². The fourth-order valence-corrected chi connectivity index (χ4v) is 2.98. The second-order valence-electron chi connectivity index (χ2n) is 5.75. The minimum Gasteiger partial charge on any atom is -0.479 e. The third-order valence-electron chi connectivity index (χ3n) is 4.25. The molecule has 2 aliphatic rings. The maximum atomic E-state index is 12.6. The van der Waals surface area contributed by atoms with Crippen molar-refractivity contribution in [1.29, 1.82) is 0 Å². The number of piperidine rings is 1. The van der Waals surface area contributed by atoms with E-state index in [1.807, 2.05) is 0 Å². The molecule has 1 N–H and O–H groups in total. The van der Waals surface area contributed by atoms with Crippen LogP contribution >= 0.6 is 0 Å². The molecule has 2 atom stereocenters. The first-order valence-electron chi connectivity index (χ1n) is 7.41. The molecule has 112 valence electrons. The Hall–Kier alpha value is -1.88. The Labute approximate surface area is 124 Å². The van der Waals surface area contributed by atoms with Gasteiger partial charge in [0.2, 0.25) is 0 Å². The first-order chi connectivity index (χ1) is 10.1. The molecule has 1 fully saturated rings. The van der Waals surface area contributed by atoms with Gasteiger partial charge >= 0.3 is 0 Å². The third kappa shape index (κ3) is 2.53. The molecule has 0 radical (unpaired) electrons. The van der Waals surface area contributed by atoms with Gasteiger partial charge in [-0.2, -0.15) is 0 Å². The highest BCUT2D eigenvalue weighted by Gasteiger charge is 2.30. The molecular weight excluding hydrogens is 268 g/mol. The summed E-state index contributed by atoms with van der Waals surface area (Å²) >= 11 is 0. The summed E-state index contributed by atoms with van der Waals surface area (Å²) in [4.78, 5) is 26.1. The summed E-state index contributed by atoms with van der Waals surface area (Å²) in [6.45, 7) is 3.45. The number of nitrogens with zero attached hydrogens (tertiary/aromatic N) is 1. The Kier molecular flexibility index (Phi) is 3.68. The quantitative estimate of drug-likeness (QED) is 0.840. The highest BCUT2D eigenvalue weighted by molar-refractivity contribution is 6.03. The Morgan fingerprint density at radius 1 is 1.43 bits per heavy atom. The molecule has 1 amide bonds. The molecule has 1 aromatic rings. The van der Waals surface area contributed by atoms with Crippen LogP contribution in [-0.4, -0.2) is 37.9 Å². The molecule has 2 aliphatic heterocycles. The van der Waals surface area contributed by atoms with Gasteiger partial charge in [-0.05, 0) is 44.5 Å². The number of hydrogen-bond donors (Lipinski definition) is 1. The molecule has 21 heavy (non-hydrogen) atoms. The van der Waals surface area contributed by atoms with Crippen molar-refractivity contribution in [2.75, 3.05) is 25.0 Å². The Bertz CT molecular complexity index is 579. The summed E-state index contributed by atoms with van der Waals surface area (Å²) in [6.07, 6.45) is 1.47. The van der Waals surface area contributed by atoms with Gasteiger partial charge in [-0.25, -0.2) is 0 Å². The van der Waals surface area contributed by atoms with Crippen molar-refractivity contribution in [2.24, 2.45) is 5.92 Å². The first kappa shape index (κ1) is 14.1. The number of ether oxygens (including phenoxy) is 1. The van der Waals surface area contributed by atoms with E-state index in [0.29, 0.717) is 17.0 Å². The molecule has 5 nitrogen and oxygen atoms in total. The average molecular weight is 288 g/mol. The van der Waals surface area contributed by atoms with Gasteiger partial charge in [0.1, 0.15) is 5.75 Å². The Morgan fingerprint density at radius 3 is 2.95 bits per heavy atom. The van der Waals surface area contributed by atoms with Crippen LogP contribution in [0.25, 0.3) is 0 Å². The zero-order valence-electron chi connectivity index (χ0n) is 12.4. The average Bonchev–Trinajstić information content (AvgIpc) is 2.53. The van der Waals surface area contributed by atoms with E-state index in [9.17, 15) is 9.59 Å². The maximum absolute atomic E-state index is 12.6. The largest absolute Gasteiger partial charge is 0.479 e. The van der Waals surface area contributed by atoms with Crippen LogP contribution < -0.4 is 15.0 Å². The SMILES string of the molecule is CC1Oc2ccc(C(=O)C3CCCNC3)cc2N(C)C1=O. The van der Waals surface area contributed by atoms with Crippen LogP contribution in [0, 0.1) is 5.92 Å². The lowest BCUT2D eigenvalue weighted by Crippen LogP contribution is -2.42. The normalized spacial score (nSPS) is 25.2. The number of carbonyl (C=O) groups is 2. The van der Waals surface area contributed by atoms with Crippen LogP contribution in [0.15, 0.2) is 18.2 Å². The van der Waals surface area contributed by atoms with Crippen LogP contribution in [0.4, 0.5) is 5.69 Å². The molecule has 2 unspecified atom stereocenters. The molecule has 2 heterocycles. The molecule has 5 heteroatoms. The number of ketones is 1. The summed E-state index contributed by atoms with van der Waals surface area (Å²) in [5, 5.41) is 3.26. The lowest BCUT2D eigenvalue weighted by Gasteiger charge is -2.30. The molecular formula is C16H20N2O3. The van der Waals surface area contributed by atoms with Crippen molar-refractivity contribution < 1.29 is 14.3 Å². The van der Waals surface area contributed by atoms with E-state index in [2.05, 4.69) is 5.32 Å². The number of amides is 1. The van der Waals surface area contributed by atoms with E-state index in [0.717, 1.165) is 25.9 Å². The van der Waals surface area contributed by atoms with Gasteiger partial charge in [-0.1, -0.05) is 0 Å². The van der Waals surface area contributed by atoms with Gasteiger partial charge in [-0.15, -0.1) is 0 Å². The summed E-state index contributed by atoms with van der Waals surface area (Å²) in [5.41, 5.74) is 1.33. The molecule has 0 aliphatic carbocycles. The van der Waals surface area contributed by atoms with Crippen molar-refractivity contribution in [3.63, 3.8) is 0 Å². The van der Waals surface area contributed by atoms with Crippen LogP contribution in [0.5, 0.6) is 5.75 Å². The molecule has 1 saturated heterocycles. The number of Topliss-reactive ketones (excluding diaryl/α,β-unsaturated/α-hetero) is 1. The van der Waals surface area contributed by atoms with E-state index in [-0.39, 0.29) is 17.6 Å². The highest BCUT2D eigenvalue weighted by atomic mass is 16.5. The molecule has 1 aromatic carbocycles. The number of rotatable bonds is 2. The van der Waals surface area contributed by atoms with E-state index in [1.165, 1.54) is 0 Å². The lowest BCUT2D eigenvalue weighted by atomic mass is 9.90. The number of benzene rings is 1. The van der Waals surface area contributed by atoms with Gasteiger partial charge in [0.15, 0.2) is 11.9 Å². The lowest BCUT2D eigenvalue weighted by molar-refractivity contribution is -0.125. The second kappa shape index (κ2) is 5.48. The minimum atomic E-state index is -0.480. The molecule has 3 rings (SSSR count). The van der Waals surface area contributed by atoms with Gasteiger partial charge in [-0.3, -0.25) is 9.59 Å². The number of hydrogen-bond acceptors (Lipinski definition) is 4. The van der Waals surface area contributed by atoms with Crippen LogP contribution in [0.1, 0.15) is 30.1 Å². The van der Waals surface area contributed by atoms with Crippen molar-refractivity contribution in [3.05, 3.63) is 23.8 Å². The predicted octanol–water partition coefficient (Wildman–Crippen LogP) is 1.61. The molecule has 0 spiro atoms. The minimum absolute atomic E-state index is 0.0289. The summed E-state index contributed by atoms with van der Waals surface area (Å²) < 4.78 is 5.58. The zero-order chi connectivity index (χ0) is 15.0. The Balaban J connectivity index is 1.88. The topological polar surface area (TPSA) is 58.6 Å². The second-order valence-corrected chi connectivity index (χ2v) is 5.75. The van der Waals surface area contributed by atoms with Crippen molar-refractivity contribution in [3.8, 4) is 5.75 Å². The number of nitrogens with one attached hydrogen (secondary N) is 1. The van der Waals surface area contributed by atoms with Gasteiger partial charge in [0.05, 0.1) is 5.69 Å². The fraction of sp³-hybridized carbons (Fsp3) is 0.500. The zero-order valence-corrected chi connectivity index (χ0v) is 12.4. The van der Waals surface area contributed by atoms with Crippen LogP contribution in [0.3, 0.4) is 0 Å². The van der Waals surface area contributed by atoms with Crippen molar-refractivity contribution >= 4 is 17.4 Å². The van der Waals surface area contributed by atoms with Gasteiger partial charge in [0, 0.05) is 25.1 Å². The number of anilines is 1. The molecule has 0 bridgehead atoms. The van der Waals surface area contributed by atoms with E-state index in [4.69, 9.17) is 4.74 Å². The molecule has 0 saturated carbocycles. The summed E-state index contributed by atoms with van der Waals surface area (Å²) in [5.74, 6) is 0.736. The highest BCUT2D eigenvalue weighted by Crippen LogP contribution is 2.34. The van der Waals surface area contributed by atoms with Crippen molar-refractivity contribution in [1.82, 2.24) is 5.32 Å². The standard InChI is InChI=1S/C16H20N2O3/c1-10-16(20)18(2)13-8-11(5-6-14(13)21-10)15(19)12-4-3-7-17-9-12/h5-6,8,10,12,17H,3-4,7,9H2,1-2H3. The summed E-state index contributed by atoms with van der Waals surface area (Å²) in [6, 6.07) is 5.36. The number of fused-ring (bicyclic) bond motifs is 1. The van der Waals surface area contributed by atoms with Gasteiger partial charge in [0.25, 0.3) is 5.91 Å². The van der Waals surface area contributed by atoms with Crippen LogP contribution in [-0.2, 0) is 4.79 Å². The molecule has 0 aromatic heterocycles. The summed E-state index contributed by atoms with van der Waals surface area (Å²) in [7, 11) is 1.72. The van der Waals surface area contributed by atoms with E-state index < -0.39 is 6.10 Å². The monoisotopic (exact) mass is 288 g/mol. The van der Waals surface area contributed by atoms with Crippen LogP contribution in [0.2, 0.25) is 0 Å². The fourth-order valence-electron chi connectivity index (χ4n) is 2.98. The number of carbonyl (C=O) groups excluding carboxylic acids is 2.